The Kier molecular flexibility index (Phi) is 5.27. The normalized spacial score (nSPS) is 18.6. The van der Waals surface area contributed by atoms with Crippen LogP contribution >= 0.6 is 0 Å². The third kappa shape index (κ3) is 4.20. The lowest BCUT2D eigenvalue weighted by molar-refractivity contribution is 0.285. The van der Waals surface area contributed by atoms with Gasteiger partial charge >= 0.3 is 0 Å². The predicted octanol–water partition coefficient (Wildman–Crippen LogP) is 3.21. The van der Waals surface area contributed by atoms with Crippen molar-refractivity contribution in [3.8, 4) is 0 Å². The SMILES string of the molecule is CCC(NS(=O)(=O)c1cc(C)cc(N)c1)C1CCCCC1. The number of hydrogen-bond donors (Lipinski definition) is 2. The molecule has 4 nitrogen and oxygen atoms in total. The first-order valence-electron chi connectivity index (χ1n) is 7.82. The van der Waals surface area contributed by atoms with Crippen molar-refractivity contribution in [3.63, 3.8) is 0 Å². The van der Waals surface area contributed by atoms with Crippen LogP contribution in [0.15, 0.2) is 23.1 Å². The Balaban J connectivity index is 2.18. The third-order valence-corrected chi connectivity index (χ3v) is 5.82. The number of benzene rings is 1. The summed E-state index contributed by atoms with van der Waals surface area (Å²) in [6.07, 6.45) is 6.76. The van der Waals surface area contributed by atoms with E-state index in [-0.39, 0.29) is 10.9 Å². The summed E-state index contributed by atoms with van der Waals surface area (Å²) in [6.45, 7) is 3.90. The van der Waals surface area contributed by atoms with E-state index in [9.17, 15) is 8.42 Å². The van der Waals surface area contributed by atoms with Gasteiger partial charge in [-0.2, -0.15) is 0 Å². The van der Waals surface area contributed by atoms with Crippen molar-refractivity contribution in [2.24, 2.45) is 5.92 Å². The standard InChI is InChI=1S/C16H26N2O2S/c1-3-16(13-7-5-4-6-8-13)18-21(19,20)15-10-12(2)9-14(17)11-15/h9-11,13,16,18H,3-8,17H2,1-2H3. The van der Waals surface area contributed by atoms with E-state index in [1.807, 2.05) is 13.8 Å². The van der Waals surface area contributed by atoms with Crippen molar-refractivity contribution in [1.82, 2.24) is 4.72 Å². The number of nitrogens with one attached hydrogen (secondary N) is 1. The zero-order chi connectivity index (χ0) is 15.5. The number of aryl methyl sites for hydroxylation is 1. The van der Waals surface area contributed by atoms with Crippen LogP contribution in [-0.2, 0) is 10.0 Å². The summed E-state index contributed by atoms with van der Waals surface area (Å²) in [5.74, 6) is 0.459. The van der Waals surface area contributed by atoms with Gasteiger partial charge < -0.3 is 5.73 Å². The van der Waals surface area contributed by atoms with Crippen LogP contribution in [0.1, 0.15) is 51.0 Å². The fraction of sp³-hybridized carbons (Fsp3) is 0.625. The molecular formula is C16H26N2O2S. The minimum absolute atomic E-state index is 0.0250. The Morgan fingerprint density at radius 2 is 1.90 bits per heavy atom. The maximum atomic E-state index is 12.6. The summed E-state index contributed by atoms with van der Waals surface area (Å²) in [5.41, 5.74) is 7.12. The first-order chi connectivity index (χ1) is 9.92. The molecule has 1 fully saturated rings. The highest BCUT2D eigenvalue weighted by Gasteiger charge is 2.27. The van der Waals surface area contributed by atoms with Gasteiger partial charge in [0.25, 0.3) is 0 Å². The molecule has 1 aliphatic carbocycles. The zero-order valence-corrected chi connectivity index (χ0v) is 13.7. The van der Waals surface area contributed by atoms with Gasteiger partial charge in [0, 0.05) is 11.7 Å². The first kappa shape index (κ1) is 16.3. The molecule has 1 aliphatic rings. The van der Waals surface area contributed by atoms with Crippen molar-refractivity contribution in [3.05, 3.63) is 23.8 Å². The second kappa shape index (κ2) is 6.79. The van der Waals surface area contributed by atoms with Crippen molar-refractivity contribution in [2.75, 3.05) is 5.73 Å². The van der Waals surface area contributed by atoms with Crippen LogP contribution in [-0.4, -0.2) is 14.5 Å². The Morgan fingerprint density at radius 1 is 1.24 bits per heavy atom. The van der Waals surface area contributed by atoms with Crippen LogP contribution in [0, 0.1) is 12.8 Å². The molecule has 0 aromatic heterocycles. The lowest BCUT2D eigenvalue weighted by Crippen LogP contribution is -2.40. The van der Waals surface area contributed by atoms with Gasteiger partial charge in [0.1, 0.15) is 0 Å². The van der Waals surface area contributed by atoms with Crippen LogP contribution in [0.3, 0.4) is 0 Å². The quantitative estimate of drug-likeness (QED) is 0.820. The molecule has 0 spiro atoms. The van der Waals surface area contributed by atoms with E-state index in [0.29, 0.717) is 11.6 Å². The average Bonchev–Trinajstić information content (AvgIpc) is 2.45. The summed E-state index contributed by atoms with van der Waals surface area (Å²) in [6, 6.07) is 5.00. The number of sulfonamides is 1. The van der Waals surface area contributed by atoms with E-state index in [0.717, 1.165) is 24.8 Å². The largest absolute Gasteiger partial charge is 0.399 e. The molecule has 0 aliphatic heterocycles. The van der Waals surface area contributed by atoms with Gasteiger partial charge in [0.15, 0.2) is 0 Å². The van der Waals surface area contributed by atoms with E-state index in [4.69, 9.17) is 5.73 Å². The topological polar surface area (TPSA) is 72.2 Å². The number of anilines is 1. The molecule has 0 radical (unpaired) electrons. The van der Waals surface area contributed by atoms with E-state index in [1.165, 1.54) is 25.3 Å². The van der Waals surface area contributed by atoms with Crippen LogP contribution < -0.4 is 10.5 Å². The lowest BCUT2D eigenvalue weighted by atomic mass is 9.83. The van der Waals surface area contributed by atoms with Gasteiger partial charge in [0.05, 0.1) is 4.90 Å². The summed E-state index contributed by atoms with van der Waals surface area (Å²) in [4.78, 5) is 0.272. The molecule has 5 heteroatoms. The summed E-state index contributed by atoms with van der Waals surface area (Å²) in [5, 5.41) is 0. The van der Waals surface area contributed by atoms with E-state index in [2.05, 4.69) is 4.72 Å². The predicted molar refractivity (Wildman–Crippen MR) is 86.6 cm³/mol. The van der Waals surface area contributed by atoms with Crippen LogP contribution in [0.4, 0.5) is 5.69 Å². The van der Waals surface area contributed by atoms with Gasteiger partial charge in [0.2, 0.25) is 10.0 Å². The minimum Gasteiger partial charge on any atom is -0.399 e. The molecular weight excluding hydrogens is 284 g/mol. The molecule has 0 saturated heterocycles. The molecule has 0 bridgehead atoms. The van der Waals surface area contributed by atoms with Crippen molar-refractivity contribution >= 4 is 15.7 Å². The molecule has 3 N–H and O–H groups in total. The summed E-state index contributed by atoms with van der Waals surface area (Å²) < 4.78 is 28.1. The van der Waals surface area contributed by atoms with Gasteiger partial charge in [-0.1, -0.05) is 26.2 Å². The number of nitrogens with two attached hydrogens (primary N) is 1. The summed E-state index contributed by atoms with van der Waals surface area (Å²) in [7, 11) is -3.50. The van der Waals surface area contributed by atoms with Gasteiger partial charge in [-0.3, -0.25) is 0 Å². The van der Waals surface area contributed by atoms with Crippen molar-refractivity contribution in [2.45, 2.75) is 63.3 Å². The number of rotatable bonds is 5. The number of hydrogen-bond acceptors (Lipinski definition) is 3. The van der Waals surface area contributed by atoms with Gasteiger partial charge in [-0.25, -0.2) is 13.1 Å². The number of nitrogen functional groups attached to an aromatic ring is 1. The zero-order valence-electron chi connectivity index (χ0n) is 12.9. The van der Waals surface area contributed by atoms with E-state index < -0.39 is 10.0 Å². The first-order valence-corrected chi connectivity index (χ1v) is 9.30. The second-order valence-electron chi connectivity index (χ2n) is 6.11. The smallest absolute Gasteiger partial charge is 0.240 e. The van der Waals surface area contributed by atoms with Crippen LogP contribution in [0.5, 0.6) is 0 Å². The fourth-order valence-corrected chi connectivity index (χ4v) is 4.77. The molecule has 118 valence electrons. The molecule has 1 saturated carbocycles. The Labute approximate surface area is 128 Å². The van der Waals surface area contributed by atoms with E-state index >= 15 is 0 Å². The van der Waals surface area contributed by atoms with Gasteiger partial charge in [-0.15, -0.1) is 0 Å². The van der Waals surface area contributed by atoms with Crippen LogP contribution in [0.25, 0.3) is 0 Å². The monoisotopic (exact) mass is 310 g/mol. The molecule has 1 aromatic carbocycles. The highest BCUT2D eigenvalue weighted by atomic mass is 32.2. The van der Waals surface area contributed by atoms with Crippen molar-refractivity contribution < 1.29 is 8.42 Å². The summed E-state index contributed by atoms with van der Waals surface area (Å²) >= 11 is 0. The Morgan fingerprint density at radius 3 is 2.48 bits per heavy atom. The lowest BCUT2D eigenvalue weighted by Gasteiger charge is -2.30. The van der Waals surface area contributed by atoms with Crippen LogP contribution in [0.2, 0.25) is 0 Å². The maximum absolute atomic E-state index is 12.6. The maximum Gasteiger partial charge on any atom is 0.240 e. The third-order valence-electron chi connectivity index (χ3n) is 4.35. The minimum atomic E-state index is -3.50. The second-order valence-corrected chi connectivity index (χ2v) is 7.83. The average molecular weight is 310 g/mol. The molecule has 0 heterocycles. The van der Waals surface area contributed by atoms with E-state index in [1.54, 1.807) is 12.1 Å². The highest BCUT2D eigenvalue weighted by Crippen LogP contribution is 2.29. The Bertz CT molecular complexity index is 558. The highest BCUT2D eigenvalue weighted by molar-refractivity contribution is 7.89. The Hall–Kier alpha value is -1.07. The molecule has 0 amide bonds. The fourth-order valence-electron chi connectivity index (χ4n) is 3.25. The molecule has 2 rings (SSSR count). The molecule has 21 heavy (non-hydrogen) atoms. The van der Waals surface area contributed by atoms with Gasteiger partial charge in [-0.05, 0) is 55.9 Å². The molecule has 1 unspecified atom stereocenters. The molecule has 1 atom stereocenters. The van der Waals surface area contributed by atoms with Crippen molar-refractivity contribution in [1.29, 1.82) is 0 Å². The molecule has 1 aromatic rings.